The molecule has 0 aromatic carbocycles. The summed E-state index contributed by atoms with van der Waals surface area (Å²) >= 11 is 0. The Hall–Kier alpha value is -0.650. The van der Waals surface area contributed by atoms with Gasteiger partial charge in [-0.1, -0.05) is 6.92 Å². The molecule has 2 unspecified atom stereocenters. The highest BCUT2D eigenvalue weighted by atomic mass is 16.7. The lowest BCUT2D eigenvalue weighted by atomic mass is 9.99. The maximum absolute atomic E-state index is 12.3. The molecule has 3 fully saturated rings. The average molecular weight is 255 g/mol. The standard InChI is InChI=1S/C13H21NO4/c1-10-2-7-16-11(10)12(15)14-5-3-13(4-6-14)17-8-9-18-13/h10-11H,2-9H2,1H3. The van der Waals surface area contributed by atoms with E-state index >= 15 is 0 Å². The van der Waals surface area contributed by atoms with Gasteiger partial charge >= 0.3 is 0 Å². The summed E-state index contributed by atoms with van der Waals surface area (Å²) in [6.07, 6.45) is 2.31. The van der Waals surface area contributed by atoms with E-state index in [-0.39, 0.29) is 12.0 Å². The minimum Gasteiger partial charge on any atom is -0.368 e. The van der Waals surface area contributed by atoms with Crippen LogP contribution < -0.4 is 0 Å². The van der Waals surface area contributed by atoms with Gasteiger partial charge in [-0.3, -0.25) is 4.79 Å². The summed E-state index contributed by atoms with van der Waals surface area (Å²) in [7, 11) is 0. The summed E-state index contributed by atoms with van der Waals surface area (Å²) < 4.78 is 16.9. The Kier molecular flexibility index (Phi) is 3.30. The van der Waals surface area contributed by atoms with Gasteiger partial charge in [0.05, 0.1) is 13.2 Å². The highest BCUT2D eigenvalue weighted by molar-refractivity contribution is 5.81. The Morgan fingerprint density at radius 3 is 2.39 bits per heavy atom. The van der Waals surface area contributed by atoms with Gasteiger partial charge in [-0.25, -0.2) is 0 Å². The van der Waals surface area contributed by atoms with E-state index in [9.17, 15) is 4.79 Å². The van der Waals surface area contributed by atoms with Crippen LogP contribution in [-0.4, -0.2) is 55.6 Å². The summed E-state index contributed by atoms with van der Waals surface area (Å²) in [6.45, 7) is 5.58. The topological polar surface area (TPSA) is 48.0 Å². The molecular weight excluding hydrogens is 234 g/mol. The number of amides is 1. The number of hydrogen-bond acceptors (Lipinski definition) is 4. The maximum Gasteiger partial charge on any atom is 0.251 e. The molecule has 0 aromatic heterocycles. The van der Waals surface area contributed by atoms with Crippen molar-refractivity contribution in [2.24, 2.45) is 5.92 Å². The predicted octanol–water partition coefficient (Wildman–Crippen LogP) is 0.777. The third-order valence-corrected chi connectivity index (χ3v) is 4.28. The molecule has 3 aliphatic rings. The second-order valence-electron chi connectivity index (χ2n) is 5.49. The first-order valence-electron chi connectivity index (χ1n) is 6.88. The molecule has 0 N–H and O–H groups in total. The average Bonchev–Trinajstić information content (AvgIpc) is 2.99. The van der Waals surface area contributed by atoms with Crippen LogP contribution in [0.5, 0.6) is 0 Å². The van der Waals surface area contributed by atoms with Crippen LogP contribution >= 0.6 is 0 Å². The van der Waals surface area contributed by atoms with E-state index in [2.05, 4.69) is 6.92 Å². The van der Waals surface area contributed by atoms with E-state index in [0.717, 1.165) is 19.3 Å². The first-order chi connectivity index (χ1) is 8.70. The normalized spacial score (nSPS) is 35.3. The number of carbonyl (C=O) groups excluding carboxylic acids is 1. The zero-order valence-electron chi connectivity index (χ0n) is 10.9. The van der Waals surface area contributed by atoms with Crippen molar-refractivity contribution in [3.8, 4) is 0 Å². The molecule has 0 aromatic rings. The number of carbonyl (C=O) groups is 1. The predicted molar refractivity (Wildman–Crippen MR) is 64.0 cm³/mol. The lowest BCUT2D eigenvalue weighted by Crippen LogP contribution is -2.50. The molecule has 18 heavy (non-hydrogen) atoms. The smallest absolute Gasteiger partial charge is 0.251 e. The van der Waals surface area contributed by atoms with Crippen LogP contribution in [0.25, 0.3) is 0 Å². The Morgan fingerprint density at radius 2 is 1.83 bits per heavy atom. The largest absolute Gasteiger partial charge is 0.368 e. The van der Waals surface area contributed by atoms with Crippen LogP contribution in [0.3, 0.4) is 0 Å². The first-order valence-corrected chi connectivity index (χ1v) is 6.88. The zero-order chi connectivity index (χ0) is 12.6. The summed E-state index contributed by atoms with van der Waals surface area (Å²) in [5.74, 6) is 0.0825. The Balaban J connectivity index is 1.57. The third kappa shape index (κ3) is 2.15. The summed E-state index contributed by atoms with van der Waals surface area (Å²) in [4.78, 5) is 14.2. The molecule has 3 rings (SSSR count). The lowest BCUT2D eigenvalue weighted by Gasteiger charge is -2.38. The number of likely N-dealkylation sites (tertiary alicyclic amines) is 1. The maximum atomic E-state index is 12.3. The van der Waals surface area contributed by atoms with Crippen LogP contribution in [0, 0.1) is 5.92 Å². The molecule has 2 atom stereocenters. The van der Waals surface area contributed by atoms with E-state index in [1.807, 2.05) is 4.90 Å². The van der Waals surface area contributed by atoms with Crippen LogP contribution in [0.1, 0.15) is 26.2 Å². The fraction of sp³-hybridized carbons (Fsp3) is 0.923. The number of nitrogens with zero attached hydrogens (tertiary/aromatic N) is 1. The zero-order valence-corrected chi connectivity index (χ0v) is 10.9. The van der Waals surface area contributed by atoms with Gasteiger partial charge in [0.1, 0.15) is 6.10 Å². The Morgan fingerprint density at radius 1 is 1.17 bits per heavy atom. The fourth-order valence-corrected chi connectivity index (χ4v) is 3.04. The second-order valence-corrected chi connectivity index (χ2v) is 5.49. The molecule has 3 aliphatic heterocycles. The Bertz CT molecular complexity index is 317. The van der Waals surface area contributed by atoms with Crippen LogP contribution in [0.2, 0.25) is 0 Å². The van der Waals surface area contributed by atoms with Crippen molar-refractivity contribution in [2.75, 3.05) is 32.9 Å². The SMILES string of the molecule is CC1CCOC1C(=O)N1CCC2(CC1)OCCO2. The second kappa shape index (κ2) is 4.79. The van der Waals surface area contributed by atoms with Crippen molar-refractivity contribution >= 4 is 5.91 Å². The molecule has 3 heterocycles. The monoisotopic (exact) mass is 255 g/mol. The number of piperidine rings is 1. The van der Waals surface area contributed by atoms with Gasteiger partial charge in [-0.2, -0.15) is 0 Å². The molecule has 5 heteroatoms. The van der Waals surface area contributed by atoms with Crippen molar-refractivity contribution in [3.63, 3.8) is 0 Å². The van der Waals surface area contributed by atoms with Crippen molar-refractivity contribution in [2.45, 2.75) is 38.1 Å². The van der Waals surface area contributed by atoms with Gasteiger partial charge in [-0.15, -0.1) is 0 Å². The minimum atomic E-state index is -0.404. The molecule has 1 amide bonds. The van der Waals surface area contributed by atoms with Gasteiger partial charge in [0, 0.05) is 32.5 Å². The van der Waals surface area contributed by atoms with Crippen LogP contribution in [-0.2, 0) is 19.0 Å². The van der Waals surface area contributed by atoms with Gasteiger partial charge in [0.2, 0.25) is 0 Å². The summed E-state index contributed by atoms with van der Waals surface area (Å²) in [5.41, 5.74) is 0. The van der Waals surface area contributed by atoms with E-state index in [0.29, 0.717) is 38.8 Å². The third-order valence-electron chi connectivity index (χ3n) is 4.28. The summed E-state index contributed by atoms with van der Waals surface area (Å²) in [6, 6.07) is 0. The van der Waals surface area contributed by atoms with Gasteiger partial charge in [0.15, 0.2) is 5.79 Å². The van der Waals surface area contributed by atoms with Gasteiger partial charge < -0.3 is 19.1 Å². The highest BCUT2D eigenvalue weighted by Crippen LogP contribution is 2.32. The van der Waals surface area contributed by atoms with E-state index in [1.165, 1.54) is 0 Å². The molecule has 0 aliphatic carbocycles. The number of rotatable bonds is 1. The summed E-state index contributed by atoms with van der Waals surface area (Å²) in [5, 5.41) is 0. The molecule has 0 saturated carbocycles. The first kappa shape index (κ1) is 12.4. The number of hydrogen-bond donors (Lipinski definition) is 0. The molecule has 5 nitrogen and oxygen atoms in total. The van der Waals surface area contributed by atoms with Gasteiger partial charge in [0.25, 0.3) is 5.91 Å². The molecular formula is C13H21NO4. The van der Waals surface area contributed by atoms with E-state index < -0.39 is 5.79 Å². The Labute approximate surface area is 107 Å². The molecule has 102 valence electrons. The van der Waals surface area contributed by atoms with Crippen molar-refractivity contribution in [1.29, 1.82) is 0 Å². The highest BCUT2D eigenvalue weighted by Gasteiger charge is 2.43. The quantitative estimate of drug-likeness (QED) is 0.694. The molecule has 3 saturated heterocycles. The molecule has 0 radical (unpaired) electrons. The van der Waals surface area contributed by atoms with Crippen LogP contribution in [0.15, 0.2) is 0 Å². The molecule has 0 bridgehead atoms. The lowest BCUT2D eigenvalue weighted by molar-refractivity contribution is -0.189. The van der Waals surface area contributed by atoms with Crippen molar-refractivity contribution in [3.05, 3.63) is 0 Å². The van der Waals surface area contributed by atoms with Gasteiger partial charge in [-0.05, 0) is 12.3 Å². The van der Waals surface area contributed by atoms with Crippen LogP contribution in [0.4, 0.5) is 0 Å². The minimum absolute atomic E-state index is 0.146. The van der Waals surface area contributed by atoms with Crippen molar-refractivity contribution < 1.29 is 19.0 Å². The molecule has 1 spiro atoms. The fourth-order valence-electron chi connectivity index (χ4n) is 3.04. The number of ether oxygens (including phenoxy) is 3. The van der Waals surface area contributed by atoms with E-state index in [1.54, 1.807) is 0 Å². The van der Waals surface area contributed by atoms with Crippen molar-refractivity contribution in [1.82, 2.24) is 4.90 Å². The van der Waals surface area contributed by atoms with E-state index in [4.69, 9.17) is 14.2 Å².